The van der Waals surface area contributed by atoms with Crippen LogP contribution in [0.2, 0.25) is 0 Å². The van der Waals surface area contributed by atoms with E-state index in [1.807, 2.05) is 37.3 Å². The molecule has 0 radical (unpaired) electrons. The third kappa shape index (κ3) is 3.30. The molecule has 29 heavy (non-hydrogen) atoms. The lowest BCUT2D eigenvalue weighted by atomic mass is 9.74. The monoisotopic (exact) mass is 398 g/mol. The largest absolute Gasteiger partial charge is 0.391 e. The zero-order chi connectivity index (χ0) is 21.6. The highest BCUT2D eigenvalue weighted by molar-refractivity contribution is 5.97. The molecule has 1 aromatic rings. The van der Waals surface area contributed by atoms with Gasteiger partial charge in [0.25, 0.3) is 0 Å². The van der Waals surface area contributed by atoms with Crippen molar-refractivity contribution in [1.29, 1.82) is 5.26 Å². The number of benzene rings is 1. The fourth-order valence-electron chi connectivity index (χ4n) is 5.17. The molecule has 0 aromatic heterocycles. The highest BCUT2D eigenvalue weighted by Crippen LogP contribution is 2.58. The summed E-state index contributed by atoms with van der Waals surface area (Å²) in [6.45, 7) is 8.45. The maximum Gasteiger partial charge on any atom is 0.245 e. The Kier molecular flexibility index (Phi) is 5.46. The second-order valence-corrected chi connectivity index (χ2v) is 9.12. The number of likely N-dealkylation sites (tertiary alicyclic amines) is 2. The van der Waals surface area contributed by atoms with E-state index in [0.29, 0.717) is 13.0 Å². The number of amides is 2. The van der Waals surface area contributed by atoms with Crippen molar-refractivity contribution in [3.8, 4) is 6.07 Å². The number of aliphatic hydroxyl groups excluding tert-OH is 1. The van der Waals surface area contributed by atoms with Gasteiger partial charge in [-0.25, -0.2) is 0 Å². The molecule has 1 aromatic carbocycles. The summed E-state index contributed by atoms with van der Waals surface area (Å²) in [6, 6.07) is 11.0. The maximum absolute atomic E-state index is 13.5. The molecule has 156 valence electrons. The summed E-state index contributed by atoms with van der Waals surface area (Å²) in [7, 11) is 0. The smallest absolute Gasteiger partial charge is 0.245 e. The van der Waals surface area contributed by atoms with Gasteiger partial charge in [-0.05, 0) is 31.7 Å². The Morgan fingerprint density at radius 2 is 1.97 bits per heavy atom. The van der Waals surface area contributed by atoms with Crippen molar-refractivity contribution >= 4 is 11.8 Å². The number of nitrogens with zero attached hydrogens (tertiary/aromatic N) is 3. The van der Waals surface area contributed by atoms with Crippen LogP contribution < -0.4 is 5.73 Å². The average molecular weight is 399 g/mol. The summed E-state index contributed by atoms with van der Waals surface area (Å²) in [4.78, 5) is 28.8. The first-order valence-corrected chi connectivity index (χ1v) is 10.1. The Bertz CT molecular complexity index is 834. The number of nitriles is 1. The second kappa shape index (κ2) is 7.43. The molecule has 3 N–H and O–H groups in total. The van der Waals surface area contributed by atoms with Gasteiger partial charge in [0.05, 0.1) is 23.6 Å². The van der Waals surface area contributed by atoms with Crippen LogP contribution in [0.5, 0.6) is 0 Å². The quantitative estimate of drug-likeness (QED) is 0.705. The summed E-state index contributed by atoms with van der Waals surface area (Å²) in [5, 5.41) is 20.1. The summed E-state index contributed by atoms with van der Waals surface area (Å²) in [6.07, 6.45) is -0.676. The molecule has 0 aliphatic carbocycles. The molecule has 5 atom stereocenters. The Labute approximate surface area is 172 Å². The Morgan fingerprint density at radius 3 is 2.41 bits per heavy atom. The van der Waals surface area contributed by atoms with E-state index in [0.717, 1.165) is 5.56 Å². The molecular formula is C22H30N4O3. The van der Waals surface area contributed by atoms with Crippen molar-refractivity contribution in [2.75, 3.05) is 13.1 Å². The van der Waals surface area contributed by atoms with Crippen LogP contribution in [0, 0.1) is 22.7 Å². The van der Waals surface area contributed by atoms with Crippen molar-refractivity contribution in [3.05, 3.63) is 35.9 Å². The van der Waals surface area contributed by atoms with Crippen molar-refractivity contribution in [3.63, 3.8) is 0 Å². The Hall–Kier alpha value is -2.43. The molecule has 2 aliphatic rings. The fourth-order valence-corrected chi connectivity index (χ4v) is 5.17. The predicted molar refractivity (Wildman–Crippen MR) is 108 cm³/mol. The van der Waals surface area contributed by atoms with Gasteiger partial charge in [0.1, 0.15) is 11.6 Å². The molecule has 0 bridgehead atoms. The minimum atomic E-state index is -1.06. The van der Waals surface area contributed by atoms with E-state index in [2.05, 4.69) is 24.8 Å². The van der Waals surface area contributed by atoms with Crippen LogP contribution in [0.1, 0.15) is 45.7 Å². The highest BCUT2D eigenvalue weighted by Gasteiger charge is 2.69. The van der Waals surface area contributed by atoms with Crippen LogP contribution in [-0.4, -0.2) is 57.5 Å². The van der Waals surface area contributed by atoms with Gasteiger partial charge in [-0.1, -0.05) is 44.2 Å². The van der Waals surface area contributed by atoms with Crippen molar-refractivity contribution in [2.45, 2.75) is 57.8 Å². The van der Waals surface area contributed by atoms with E-state index in [1.165, 1.54) is 11.8 Å². The van der Waals surface area contributed by atoms with E-state index >= 15 is 0 Å². The normalized spacial score (nSPS) is 31.6. The van der Waals surface area contributed by atoms with Crippen LogP contribution in [-0.2, 0) is 9.59 Å². The lowest BCUT2D eigenvalue weighted by Gasteiger charge is -2.54. The number of β-lactam (4-membered cyclic amide) rings is 1. The van der Waals surface area contributed by atoms with Gasteiger partial charge in [0.15, 0.2) is 0 Å². The summed E-state index contributed by atoms with van der Waals surface area (Å²) >= 11 is 0. The maximum atomic E-state index is 13.5. The molecular weight excluding hydrogens is 368 g/mol. The van der Waals surface area contributed by atoms with Gasteiger partial charge >= 0.3 is 0 Å². The molecule has 7 nitrogen and oxygen atoms in total. The number of hydrogen-bond donors (Lipinski definition) is 2. The standard InChI is InChI=1S/C22H30N4O3/c1-14(2)10-26-18(16-8-6-5-7-9-16)21(4,12-23)11-22(26)13-25(20(22)29)17(15(3)27)19(24)28/h5-9,14-15,17-18,27H,10-11,13H2,1-4H3,(H2,24,28)/t15-,17+,18?,21?,22?/m1/s1. The van der Waals surface area contributed by atoms with Gasteiger partial charge in [0.2, 0.25) is 11.8 Å². The number of carbonyl (C=O) groups excluding carboxylic acids is 2. The first-order chi connectivity index (χ1) is 13.6. The number of carbonyl (C=O) groups is 2. The zero-order valence-corrected chi connectivity index (χ0v) is 17.5. The zero-order valence-electron chi connectivity index (χ0n) is 17.5. The van der Waals surface area contributed by atoms with Gasteiger partial charge in [0, 0.05) is 13.1 Å². The van der Waals surface area contributed by atoms with E-state index in [-0.39, 0.29) is 24.4 Å². The van der Waals surface area contributed by atoms with Crippen molar-refractivity contribution < 1.29 is 14.7 Å². The van der Waals surface area contributed by atoms with Gasteiger partial charge < -0.3 is 15.7 Å². The molecule has 2 fully saturated rings. The minimum absolute atomic E-state index is 0.234. The van der Waals surface area contributed by atoms with Crippen LogP contribution in [0.25, 0.3) is 0 Å². The van der Waals surface area contributed by atoms with Gasteiger partial charge in [-0.3, -0.25) is 14.5 Å². The molecule has 3 unspecified atom stereocenters. The summed E-state index contributed by atoms with van der Waals surface area (Å²) in [5.74, 6) is -0.674. The lowest BCUT2D eigenvalue weighted by Crippen LogP contribution is -2.76. The van der Waals surface area contributed by atoms with E-state index in [1.54, 1.807) is 0 Å². The van der Waals surface area contributed by atoms with Crippen LogP contribution >= 0.6 is 0 Å². The van der Waals surface area contributed by atoms with E-state index < -0.39 is 29.0 Å². The SMILES string of the molecule is CC(C)CN1C(c2ccccc2)C(C)(C#N)CC12CN([C@H](C(N)=O)[C@@H](C)O)C2=O. The lowest BCUT2D eigenvalue weighted by molar-refractivity contribution is -0.174. The number of primary amides is 1. The Morgan fingerprint density at radius 1 is 1.34 bits per heavy atom. The van der Waals surface area contributed by atoms with E-state index in [9.17, 15) is 20.0 Å². The molecule has 2 amide bonds. The van der Waals surface area contributed by atoms with E-state index in [4.69, 9.17) is 5.73 Å². The summed E-state index contributed by atoms with van der Waals surface area (Å²) in [5.41, 5.74) is 4.83. The number of nitrogens with two attached hydrogens (primary N) is 1. The number of hydrogen-bond acceptors (Lipinski definition) is 5. The molecule has 7 heteroatoms. The molecule has 2 saturated heterocycles. The van der Waals surface area contributed by atoms with Gasteiger partial charge in [-0.2, -0.15) is 5.26 Å². The first kappa shape index (κ1) is 21.3. The van der Waals surface area contributed by atoms with Gasteiger partial charge in [-0.15, -0.1) is 0 Å². The molecule has 2 heterocycles. The van der Waals surface area contributed by atoms with Crippen LogP contribution in [0.4, 0.5) is 0 Å². The third-order valence-electron chi connectivity index (χ3n) is 6.23. The Balaban J connectivity index is 2.04. The highest BCUT2D eigenvalue weighted by atomic mass is 16.3. The molecule has 0 saturated carbocycles. The first-order valence-electron chi connectivity index (χ1n) is 10.1. The van der Waals surface area contributed by atoms with Crippen LogP contribution in [0.15, 0.2) is 30.3 Å². The van der Waals surface area contributed by atoms with Crippen molar-refractivity contribution in [1.82, 2.24) is 9.80 Å². The second-order valence-electron chi connectivity index (χ2n) is 9.12. The molecule has 2 aliphatic heterocycles. The molecule has 3 rings (SSSR count). The molecule has 1 spiro atoms. The predicted octanol–water partition coefficient (Wildman–Crippen LogP) is 1.43. The number of rotatable bonds is 6. The minimum Gasteiger partial charge on any atom is -0.391 e. The summed E-state index contributed by atoms with van der Waals surface area (Å²) < 4.78 is 0. The average Bonchev–Trinajstić information content (AvgIpc) is 2.91. The fraction of sp³-hybridized carbons (Fsp3) is 0.591. The van der Waals surface area contributed by atoms with Crippen molar-refractivity contribution in [2.24, 2.45) is 17.1 Å². The number of aliphatic hydroxyl groups is 1. The van der Waals surface area contributed by atoms with Crippen LogP contribution in [0.3, 0.4) is 0 Å². The third-order valence-corrected chi connectivity index (χ3v) is 6.23. The topological polar surface area (TPSA) is 111 Å².